The number of nitrogens with zero attached hydrogens (tertiary/aromatic N) is 2. The van der Waals surface area contributed by atoms with Crippen molar-refractivity contribution in [1.82, 2.24) is 9.55 Å². The molecule has 1 aromatic carbocycles. The van der Waals surface area contributed by atoms with Gasteiger partial charge in [0.2, 0.25) is 5.95 Å². The van der Waals surface area contributed by atoms with E-state index in [-0.39, 0.29) is 5.95 Å². The van der Waals surface area contributed by atoms with E-state index in [1.54, 1.807) is 13.0 Å². The minimum absolute atomic E-state index is 0.286. The molecule has 0 bridgehead atoms. The van der Waals surface area contributed by atoms with Gasteiger partial charge in [-0.3, -0.25) is 0 Å². The number of hydrogen-bond donors (Lipinski definition) is 4. The number of hydrogen-bond acceptors (Lipinski definition) is 6. The fourth-order valence-corrected chi connectivity index (χ4v) is 3.68. The Balaban J connectivity index is 1.96. The zero-order chi connectivity index (χ0) is 19.8. The molecule has 0 aliphatic carbocycles. The average molecular weight is 418 g/mol. The van der Waals surface area contributed by atoms with E-state index in [0.29, 0.717) is 22.1 Å². The maximum atomic E-state index is 10.7. The number of rotatable bonds is 7. The number of nitrogens with one attached hydrogen (secondary N) is 1. The van der Waals surface area contributed by atoms with E-state index in [1.165, 1.54) is 0 Å². The Morgan fingerprint density at radius 1 is 1.26 bits per heavy atom. The molecule has 9 heteroatoms. The second-order valence-electron chi connectivity index (χ2n) is 6.96. The number of aliphatic hydroxyl groups is 3. The van der Waals surface area contributed by atoms with Gasteiger partial charge in [-0.1, -0.05) is 49.4 Å². The molecule has 150 valence electrons. The molecule has 7 nitrogen and oxygen atoms in total. The lowest BCUT2D eigenvalue weighted by Gasteiger charge is -2.27. The summed E-state index contributed by atoms with van der Waals surface area (Å²) in [7, 11) is 0. The summed E-state index contributed by atoms with van der Waals surface area (Å²) in [5.41, 5.74) is 1.25. The molecule has 27 heavy (non-hydrogen) atoms. The van der Waals surface area contributed by atoms with Gasteiger partial charge in [-0.15, -0.1) is 0 Å². The molecule has 1 fully saturated rings. The number of aromatic nitrogens is 2. The zero-order valence-electron chi connectivity index (χ0n) is 15.3. The highest BCUT2D eigenvalue weighted by molar-refractivity contribution is 6.45. The molecule has 0 radical (unpaired) electrons. The number of unbranched alkanes of at least 4 members (excludes halogenated alkanes) is 3. The van der Waals surface area contributed by atoms with Crippen molar-refractivity contribution in [3.8, 4) is 0 Å². The minimum atomic E-state index is -2.16. The summed E-state index contributed by atoms with van der Waals surface area (Å²) < 4.78 is 7.23. The molecule has 0 spiro atoms. The number of benzene rings is 1. The van der Waals surface area contributed by atoms with E-state index in [1.807, 2.05) is 10.6 Å². The fraction of sp³-hybridized carbons (Fsp3) is 0.611. The van der Waals surface area contributed by atoms with Gasteiger partial charge in [0.25, 0.3) is 5.91 Å². The van der Waals surface area contributed by atoms with Crippen LogP contribution >= 0.6 is 23.2 Å². The Labute approximate surface area is 167 Å². The highest BCUT2D eigenvalue weighted by atomic mass is 35.5. The predicted octanol–water partition coefficient (Wildman–Crippen LogP) is 3.12. The Kier molecular flexibility index (Phi) is 6.20. The molecule has 0 unspecified atom stereocenters. The van der Waals surface area contributed by atoms with Gasteiger partial charge in [-0.05, 0) is 25.5 Å². The normalized spacial score (nSPS) is 28.2. The third-order valence-electron chi connectivity index (χ3n) is 4.91. The second kappa shape index (κ2) is 8.11. The smallest absolute Gasteiger partial charge is 0.279 e. The summed E-state index contributed by atoms with van der Waals surface area (Å²) in [5.74, 6) is -1.87. The molecule has 1 saturated heterocycles. The molecule has 1 aromatic heterocycles. The van der Waals surface area contributed by atoms with Crippen molar-refractivity contribution >= 4 is 40.2 Å². The highest BCUT2D eigenvalue weighted by Crippen LogP contribution is 2.35. The van der Waals surface area contributed by atoms with Crippen LogP contribution in [0.3, 0.4) is 0 Å². The summed E-state index contributed by atoms with van der Waals surface area (Å²) in [6.45, 7) is 4.35. The molecule has 2 aromatic rings. The summed E-state index contributed by atoms with van der Waals surface area (Å²) >= 11 is 12.4. The first-order valence-electron chi connectivity index (χ1n) is 9.17. The van der Waals surface area contributed by atoms with Crippen molar-refractivity contribution in [2.75, 3.05) is 5.32 Å². The molecule has 3 rings (SSSR count). The van der Waals surface area contributed by atoms with Gasteiger partial charge in [-0.2, -0.15) is 0 Å². The maximum absolute atomic E-state index is 10.7. The van der Waals surface area contributed by atoms with Crippen LogP contribution in [-0.4, -0.2) is 49.1 Å². The van der Waals surface area contributed by atoms with Gasteiger partial charge >= 0.3 is 0 Å². The van der Waals surface area contributed by atoms with Crippen LogP contribution in [0.15, 0.2) is 12.1 Å². The lowest BCUT2D eigenvalue weighted by atomic mass is 10.1. The largest absolute Gasteiger partial charge is 0.387 e. The first kappa shape index (κ1) is 20.6. The van der Waals surface area contributed by atoms with E-state index in [9.17, 15) is 15.3 Å². The highest BCUT2D eigenvalue weighted by Gasteiger charge is 2.52. The lowest BCUT2D eigenvalue weighted by Crippen LogP contribution is -2.50. The van der Waals surface area contributed by atoms with Crippen molar-refractivity contribution in [3.05, 3.63) is 22.2 Å². The van der Waals surface area contributed by atoms with Crippen LogP contribution in [0.5, 0.6) is 0 Å². The number of fused-ring (bicyclic) bond motifs is 1. The molecule has 2 heterocycles. The first-order chi connectivity index (χ1) is 12.8. The SMILES string of the molecule is CCCCCCn1c(N[C@]2(O)O[C@H](C)[C@@H](O)[C@H]2O)nc2c(Cl)c(Cl)ccc21. The van der Waals surface area contributed by atoms with E-state index in [2.05, 4.69) is 17.2 Å². The standard InChI is InChI=1S/C18H25Cl2N3O4/c1-3-4-5-6-9-23-12-8-7-11(19)13(20)14(12)21-17(23)22-18(26)16(25)15(24)10(2)27-18/h7-8,10,15-16,24-26H,3-6,9H2,1-2H3,(H,21,22)/t10-,15-,16-,18-/m1/s1. The molecule has 4 atom stereocenters. The molecular weight excluding hydrogens is 393 g/mol. The van der Waals surface area contributed by atoms with Crippen LogP contribution in [-0.2, 0) is 11.3 Å². The van der Waals surface area contributed by atoms with Gasteiger partial charge in [0.1, 0.15) is 11.6 Å². The van der Waals surface area contributed by atoms with Gasteiger partial charge in [0.05, 0.1) is 21.7 Å². The predicted molar refractivity (Wildman–Crippen MR) is 105 cm³/mol. The first-order valence-corrected chi connectivity index (χ1v) is 9.92. The van der Waals surface area contributed by atoms with Gasteiger partial charge < -0.3 is 29.9 Å². The lowest BCUT2D eigenvalue weighted by molar-refractivity contribution is -0.205. The summed E-state index contributed by atoms with van der Waals surface area (Å²) in [6, 6.07) is 3.51. The summed E-state index contributed by atoms with van der Waals surface area (Å²) in [6.07, 6.45) is 0.718. The van der Waals surface area contributed by atoms with Crippen LogP contribution < -0.4 is 5.32 Å². The number of ether oxygens (including phenoxy) is 1. The fourth-order valence-electron chi connectivity index (χ4n) is 3.33. The number of aliphatic hydroxyl groups excluding tert-OH is 2. The second-order valence-corrected chi connectivity index (χ2v) is 7.74. The topological polar surface area (TPSA) is 99.8 Å². The van der Waals surface area contributed by atoms with E-state index >= 15 is 0 Å². The van der Waals surface area contributed by atoms with Crippen molar-refractivity contribution < 1.29 is 20.1 Å². The monoisotopic (exact) mass is 417 g/mol. The molecule has 1 aliphatic heterocycles. The molecular formula is C18H25Cl2N3O4. The van der Waals surface area contributed by atoms with Crippen LogP contribution in [0.25, 0.3) is 11.0 Å². The van der Waals surface area contributed by atoms with E-state index in [4.69, 9.17) is 27.9 Å². The van der Waals surface area contributed by atoms with Crippen LogP contribution in [0.2, 0.25) is 10.0 Å². The van der Waals surface area contributed by atoms with Crippen molar-refractivity contribution in [1.29, 1.82) is 0 Å². The Morgan fingerprint density at radius 3 is 2.63 bits per heavy atom. The number of anilines is 1. The number of halogens is 2. The zero-order valence-corrected chi connectivity index (χ0v) is 16.8. The minimum Gasteiger partial charge on any atom is -0.387 e. The average Bonchev–Trinajstić information content (AvgIpc) is 3.06. The third kappa shape index (κ3) is 3.90. The third-order valence-corrected chi connectivity index (χ3v) is 5.70. The maximum Gasteiger partial charge on any atom is 0.279 e. The molecule has 0 amide bonds. The van der Waals surface area contributed by atoms with E-state index < -0.39 is 24.2 Å². The van der Waals surface area contributed by atoms with Crippen molar-refractivity contribution in [2.24, 2.45) is 0 Å². The van der Waals surface area contributed by atoms with Gasteiger partial charge in [0, 0.05) is 6.54 Å². The molecule has 1 aliphatic rings. The van der Waals surface area contributed by atoms with Crippen molar-refractivity contribution in [2.45, 2.75) is 70.3 Å². The molecule has 4 N–H and O–H groups in total. The van der Waals surface area contributed by atoms with Crippen LogP contribution in [0, 0.1) is 0 Å². The molecule has 0 saturated carbocycles. The Morgan fingerprint density at radius 2 is 2.00 bits per heavy atom. The number of imidazole rings is 1. The van der Waals surface area contributed by atoms with Gasteiger partial charge in [0.15, 0.2) is 6.10 Å². The van der Waals surface area contributed by atoms with E-state index in [0.717, 1.165) is 31.2 Å². The summed E-state index contributed by atoms with van der Waals surface area (Å²) in [4.78, 5) is 4.47. The Hall–Kier alpha value is -1.09. The Bertz CT molecular complexity index is 815. The number of aryl methyl sites for hydroxylation is 1. The summed E-state index contributed by atoms with van der Waals surface area (Å²) in [5, 5.41) is 34.2. The van der Waals surface area contributed by atoms with Crippen molar-refractivity contribution in [3.63, 3.8) is 0 Å². The quantitative estimate of drug-likeness (QED) is 0.407. The van der Waals surface area contributed by atoms with Crippen LogP contribution in [0.4, 0.5) is 5.95 Å². The van der Waals surface area contributed by atoms with Crippen LogP contribution in [0.1, 0.15) is 39.5 Å². The van der Waals surface area contributed by atoms with Gasteiger partial charge in [-0.25, -0.2) is 4.98 Å².